The third-order valence-electron chi connectivity index (χ3n) is 0.825. The SMILES string of the molecule is Cc1cc(C[S-])no1.[Cs+]. The van der Waals surface area contributed by atoms with E-state index in [1.807, 2.05) is 13.0 Å². The van der Waals surface area contributed by atoms with Crippen LogP contribution in [0.15, 0.2) is 10.6 Å². The molecule has 1 aromatic rings. The van der Waals surface area contributed by atoms with Gasteiger partial charge < -0.3 is 17.2 Å². The van der Waals surface area contributed by atoms with Gasteiger partial charge in [0.05, 0.1) is 5.69 Å². The normalized spacial score (nSPS) is 8.67. The van der Waals surface area contributed by atoms with Gasteiger partial charge in [0.1, 0.15) is 5.76 Å². The summed E-state index contributed by atoms with van der Waals surface area (Å²) in [6.45, 7) is 1.85. The summed E-state index contributed by atoms with van der Waals surface area (Å²) in [6, 6.07) is 1.84. The van der Waals surface area contributed by atoms with Crippen LogP contribution in [-0.2, 0) is 18.4 Å². The summed E-state index contributed by atoms with van der Waals surface area (Å²) in [4.78, 5) is 0. The van der Waals surface area contributed by atoms with Crippen LogP contribution in [0.5, 0.6) is 0 Å². The number of aryl methyl sites for hydroxylation is 1. The molecule has 0 saturated carbocycles. The van der Waals surface area contributed by atoms with Crippen molar-refractivity contribution in [2.45, 2.75) is 12.7 Å². The Balaban J connectivity index is 0.000000640. The molecule has 0 aliphatic heterocycles. The number of hydrogen-bond donors (Lipinski definition) is 0. The molecule has 0 fully saturated rings. The van der Waals surface area contributed by atoms with Crippen molar-refractivity contribution >= 4 is 12.6 Å². The van der Waals surface area contributed by atoms with Crippen molar-refractivity contribution < 1.29 is 73.4 Å². The van der Waals surface area contributed by atoms with Crippen LogP contribution in [-0.4, -0.2) is 5.16 Å². The van der Waals surface area contributed by atoms with Gasteiger partial charge in [-0.1, -0.05) is 5.16 Å². The fraction of sp³-hybridized carbons (Fsp3) is 0.400. The standard InChI is InChI=1S/C5H7NOS.Cs/c1-4-2-5(3-8)6-7-4;/h2,8H,3H2,1H3;/q;+1/p-1. The summed E-state index contributed by atoms with van der Waals surface area (Å²) in [7, 11) is 0. The Kier molecular flexibility index (Phi) is 6.23. The van der Waals surface area contributed by atoms with Gasteiger partial charge in [-0.25, -0.2) is 0 Å². The largest absolute Gasteiger partial charge is 1.00 e. The maximum atomic E-state index is 4.74. The van der Waals surface area contributed by atoms with Gasteiger partial charge in [-0.15, -0.1) is 5.75 Å². The maximum Gasteiger partial charge on any atom is 1.00 e. The molecule has 0 aromatic carbocycles. The van der Waals surface area contributed by atoms with Crippen molar-refractivity contribution in [1.29, 1.82) is 0 Å². The molecule has 44 valence electrons. The molecule has 0 N–H and O–H groups in total. The Morgan fingerprint density at radius 2 is 2.44 bits per heavy atom. The second-order valence-corrected chi connectivity index (χ2v) is 1.86. The summed E-state index contributed by atoms with van der Waals surface area (Å²) >= 11 is 4.71. The van der Waals surface area contributed by atoms with Crippen LogP contribution in [0.1, 0.15) is 11.5 Å². The van der Waals surface area contributed by atoms with E-state index in [-0.39, 0.29) is 68.9 Å². The molecule has 0 bridgehead atoms. The predicted octanol–water partition coefficient (Wildman–Crippen LogP) is -1.97. The zero-order valence-electron chi connectivity index (χ0n) is 5.55. The number of rotatable bonds is 1. The molecule has 0 radical (unpaired) electrons. The van der Waals surface area contributed by atoms with E-state index in [4.69, 9.17) is 17.2 Å². The molecule has 0 aliphatic carbocycles. The second-order valence-electron chi connectivity index (χ2n) is 1.57. The Hall–Kier alpha value is 1.61. The first-order chi connectivity index (χ1) is 3.83. The minimum Gasteiger partial charge on any atom is -0.786 e. The van der Waals surface area contributed by atoms with Crippen LogP contribution in [0.4, 0.5) is 0 Å². The van der Waals surface area contributed by atoms with Gasteiger partial charge in [-0.2, -0.15) is 0 Å². The van der Waals surface area contributed by atoms with Crippen LogP contribution in [0.2, 0.25) is 0 Å². The zero-order valence-corrected chi connectivity index (χ0v) is 12.6. The van der Waals surface area contributed by atoms with Crippen LogP contribution < -0.4 is 68.9 Å². The number of hydrogen-bond acceptors (Lipinski definition) is 3. The maximum absolute atomic E-state index is 4.74. The van der Waals surface area contributed by atoms with Crippen LogP contribution in [0.25, 0.3) is 0 Å². The third-order valence-corrected chi connectivity index (χ3v) is 1.12. The topological polar surface area (TPSA) is 26.0 Å². The van der Waals surface area contributed by atoms with Crippen molar-refractivity contribution in [1.82, 2.24) is 5.16 Å². The van der Waals surface area contributed by atoms with Crippen molar-refractivity contribution in [2.24, 2.45) is 0 Å². The molecule has 9 heavy (non-hydrogen) atoms. The number of nitrogens with zero attached hydrogens (tertiary/aromatic N) is 1. The number of aromatic nitrogens is 1. The van der Waals surface area contributed by atoms with Gasteiger partial charge in [0.2, 0.25) is 0 Å². The summed E-state index contributed by atoms with van der Waals surface area (Å²) < 4.78 is 4.74. The second kappa shape index (κ2) is 5.29. The first kappa shape index (κ1) is 10.6. The van der Waals surface area contributed by atoms with Gasteiger partial charge in [-0.3, -0.25) is 0 Å². The molecule has 0 amide bonds. The van der Waals surface area contributed by atoms with Crippen LogP contribution >= 0.6 is 0 Å². The average molecular weight is 261 g/mol. The summed E-state index contributed by atoms with van der Waals surface area (Å²) in [5.74, 6) is 1.36. The summed E-state index contributed by atoms with van der Waals surface area (Å²) in [6.07, 6.45) is 0. The van der Waals surface area contributed by atoms with Crippen LogP contribution in [0, 0.1) is 6.92 Å². The van der Waals surface area contributed by atoms with Gasteiger partial charge >= 0.3 is 68.9 Å². The minimum atomic E-state index is 0. The van der Waals surface area contributed by atoms with Crippen molar-refractivity contribution in [3.8, 4) is 0 Å². The van der Waals surface area contributed by atoms with Crippen molar-refractivity contribution in [2.75, 3.05) is 0 Å². The smallest absolute Gasteiger partial charge is 0.786 e. The average Bonchev–Trinajstić information content (AvgIpc) is 2.14. The van der Waals surface area contributed by atoms with Gasteiger partial charge in [0.15, 0.2) is 0 Å². The monoisotopic (exact) mass is 261 g/mol. The third kappa shape index (κ3) is 3.50. The first-order valence-electron chi connectivity index (χ1n) is 2.33. The van der Waals surface area contributed by atoms with E-state index < -0.39 is 0 Å². The van der Waals surface area contributed by atoms with E-state index >= 15 is 0 Å². The predicted molar refractivity (Wildman–Crippen MR) is 32.3 cm³/mol. The Morgan fingerprint density at radius 3 is 2.67 bits per heavy atom. The van der Waals surface area contributed by atoms with Crippen molar-refractivity contribution in [3.05, 3.63) is 17.5 Å². The molecule has 4 heteroatoms. The van der Waals surface area contributed by atoms with Crippen LogP contribution in [0.3, 0.4) is 0 Å². The minimum absolute atomic E-state index is 0. The molecule has 0 aliphatic rings. The fourth-order valence-corrected chi connectivity index (χ4v) is 0.622. The van der Waals surface area contributed by atoms with E-state index in [9.17, 15) is 0 Å². The van der Waals surface area contributed by atoms with Gasteiger partial charge in [0, 0.05) is 6.07 Å². The molecule has 2 nitrogen and oxygen atoms in total. The molecule has 0 unspecified atom stereocenters. The zero-order chi connectivity index (χ0) is 5.98. The molecule has 0 atom stereocenters. The Labute approximate surface area is 119 Å². The molecular formula is C5H6CsNOS. The molecular weight excluding hydrogens is 255 g/mol. The molecule has 1 aromatic heterocycles. The van der Waals surface area contributed by atoms with E-state index in [0.29, 0.717) is 5.75 Å². The quantitative estimate of drug-likeness (QED) is 0.549. The van der Waals surface area contributed by atoms with E-state index in [1.165, 1.54) is 0 Å². The molecule has 1 heterocycles. The molecule has 1 rings (SSSR count). The van der Waals surface area contributed by atoms with Gasteiger partial charge in [-0.05, 0) is 6.92 Å². The summed E-state index contributed by atoms with van der Waals surface area (Å²) in [5, 5.41) is 3.66. The Morgan fingerprint density at radius 1 is 1.78 bits per heavy atom. The fourth-order valence-electron chi connectivity index (χ4n) is 0.486. The summed E-state index contributed by atoms with van der Waals surface area (Å²) in [5.41, 5.74) is 0.845. The molecule has 0 spiro atoms. The first-order valence-corrected chi connectivity index (χ1v) is 2.91. The Bertz CT molecular complexity index is 177. The van der Waals surface area contributed by atoms with Gasteiger partial charge in [0.25, 0.3) is 0 Å². The van der Waals surface area contributed by atoms with E-state index in [0.717, 1.165) is 11.5 Å². The van der Waals surface area contributed by atoms with E-state index in [1.54, 1.807) is 0 Å². The van der Waals surface area contributed by atoms with E-state index in [2.05, 4.69) is 5.16 Å². The molecule has 0 saturated heterocycles. The van der Waals surface area contributed by atoms with Crippen molar-refractivity contribution in [3.63, 3.8) is 0 Å².